The van der Waals surface area contributed by atoms with Crippen LogP contribution in [0.2, 0.25) is 0 Å². The van der Waals surface area contributed by atoms with E-state index in [1.165, 1.54) is 24.0 Å². The van der Waals surface area contributed by atoms with E-state index in [0.717, 1.165) is 0 Å². The van der Waals surface area contributed by atoms with Gasteiger partial charge >= 0.3 is 0 Å². The SMILES string of the molecule is CC(C)c1ccccc1.CCCc1ccccc1. The summed E-state index contributed by atoms with van der Waals surface area (Å²) < 4.78 is 0. The highest BCUT2D eigenvalue weighted by Gasteiger charge is 1.93. The molecule has 0 heterocycles. The molecule has 0 unspecified atom stereocenters. The first-order valence-electron chi connectivity index (χ1n) is 6.83. The normalized spacial score (nSPS) is 9.78. The molecule has 0 aliphatic carbocycles. The van der Waals surface area contributed by atoms with Gasteiger partial charge in [0.25, 0.3) is 0 Å². The number of benzene rings is 2. The molecule has 0 amide bonds. The van der Waals surface area contributed by atoms with Crippen molar-refractivity contribution < 1.29 is 0 Å². The van der Waals surface area contributed by atoms with E-state index < -0.39 is 0 Å². The molecule has 18 heavy (non-hydrogen) atoms. The zero-order chi connectivity index (χ0) is 13.2. The van der Waals surface area contributed by atoms with Crippen LogP contribution in [0.15, 0.2) is 60.7 Å². The summed E-state index contributed by atoms with van der Waals surface area (Å²) in [5.41, 5.74) is 2.86. The molecule has 0 bridgehead atoms. The van der Waals surface area contributed by atoms with Gasteiger partial charge in [0.05, 0.1) is 0 Å². The monoisotopic (exact) mass is 240 g/mol. The number of hydrogen-bond acceptors (Lipinski definition) is 0. The first kappa shape index (κ1) is 14.5. The Morgan fingerprint density at radius 1 is 0.778 bits per heavy atom. The average molecular weight is 240 g/mol. The first-order valence-corrected chi connectivity index (χ1v) is 6.83. The van der Waals surface area contributed by atoms with Crippen molar-refractivity contribution in [3.05, 3.63) is 71.8 Å². The molecule has 2 aromatic carbocycles. The molecular formula is C18H24. The Morgan fingerprint density at radius 3 is 1.67 bits per heavy atom. The molecule has 96 valence electrons. The zero-order valence-electron chi connectivity index (χ0n) is 11.8. The number of rotatable bonds is 3. The fourth-order valence-electron chi connectivity index (χ4n) is 1.77. The van der Waals surface area contributed by atoms with Crippen molar-refractivity contribution in [2.75, 3.05) is 0 Å². The lowest BCUT2D eigenvalue weighted by Crippen LogP contribution is -1.83. The Morgan fingerprint density at radius 2 is 1.28 bits per heavy atom. The lowest BCUT2D eigenvalue weighted by Gasteiger charge is -2.01. The van der Waals surface area contributed by atoms with Gasteiger partial charge in [-0.2, -0.15) is 0 Å². The molecule has 0 fully saturated rings. The van der Waals surface area contributed by atoms with Gasteiger partial charge in [0.2, 0.25) is 0 Å². The largest absolute Gasteiger partial charge is 0.0651 e. The van der Waals surface area contributed by atoms with Crippen LogP contribution in [-0.4, -0.2) is 0 Å². The van der Waals surface area contributed by atoms with Crippen LogP contribution in [-0.2, 0) is 6.42 Å². The topological polar surface area (TPSA) is 0 Å². The molecule has 0 heteroatoms. The smallest absolute Gasteiger partial charge is 0.0219 e. The Hall–Kier alpha value is -1.56. The molecule has 2 aromatic rings. The number of hydrogen-bond donors (Lipinski definition) is 0. The van der Waals surface area contributed by atoms with E-state index in [4.69, 9.17) is 0 Å². The van der Waals surface area contributed by atoms with Crippen molar-refractivity contribution in [1.82, 2.24) is 0 Å². The van der Waals surface area contributed by atoms with Crippen molar-refractivity contribution in [2.45, 2.75) is 39.5 Å². The molecule has 0 atom stereocenters. The highest BCUT2D eigenvalue weighted by atomic mass is 14.0. The minimum absolute atomic E-state index is 0.659. The van der Waals surface area contributed by atoms with Crippen molar-refractivity contribution in [2.24, 2.45) is 0 Å². The van der Waals surface area contributed by atoms with E-state index in [2.05, 4.69) is 75.4 Å². The summed E-state index contributed by atoms with van der Waals surface area (Å²) in [5, 5.41) is 0. The summed E-state index contributed by atoms with van der Waals surface area (Å²) in [6.45, 7) is 6.61. The Kier molecular flexibility index (Phi) is 6.86. The second-order valence-corrected chi connectivity index (χ2v) is 4.80. The summed E-state index contributed by atoms with van der Waals surface area (Å²) >= 11 is 0. The van der Waals surface area contributed by atoms with Crippen LogP contribution < -0.4 is 0 Å². The van der Waals surface area contributed by atoms with Crippen LogP contribution in [0.1, 0.15) is 44.2 Å². The van der Waals surface area contributed by atoms with Crippen LogP contribution in [0, 0.1) is 0 Å². The fourth-order valence-corrected chi connectivity index (χ4v) is 1.77. The van der Waals surface area contributed by atoms with Crippen LogP contribution in [0.4, 0.5) is 0 Å². The molecular weight excluding hydrogens is 216 g/mol. The third kappa shape index (κ3) is 5.67. The molecule has 0 aromatic heterocycles. The van der Waals surface area contributed by atoms with Gasteiger partial charge in [-0.25, -0.2) is 0 Å². The van der Waals surface area contributed by atoms with E-state index in [9.17, 15) is 0 Å². The highest BCUT2D eigenvalue weighted by molar-refractivity contribution is 5.17. The van der Waals surface area contributed by atoms with Gasteiger partial charge in [0.1, 0.15) is 0 Å². The second-order valence-electron chi connectivity index (χ2n) is 4.80. The predicted octanol–water partition coefficient (Wildman–Crippen LogP) is 5.45. The van der Waals surface area contributed by atoms with E-state index in [1.807, 2.05) is 6.07 Å². The lowest BCUT2D eigenvalue weighted by atomic mass is 10.0. The van der Waals surface area contributed by atoms with Crippen LogP contribution in [0.25, 0.3) is 0 Å². The molecule has 0 N–H and O–H groups in total. The van der Waals surface area contributed by atoms with Gasteiger partial charge in [-0.05, 0) is 23.5 Å². The number of aryl methyl sites for hydroxylation is 1. The maximum Gasteiger partial charge on any atom is -0.0219 e. The summed E-state index contributed by atoms with van der Waals surface area (Å²) in [6, 6.07) is 21.1. The van der Waals surface area contributed by atoms with Crippen molar-refractivity contribution in [1.29, 1.82) is 0 Å². The van der Waals surface area contributed by atoms with E-state index in [-0.39, 0.29) is 0 Å². The summed E-state index contributed by atoms with van der Waals surface area (Å²) in [6.07, 6.45) is 2.45. The highest BCUT2D eigenvalue weighted by Crippen LogP contribution is 2.11. The quantitative estimate of drug-likeness (QED) is 0.669. The standard InChI is InChI=1S/2C9H12/c1-8(2)9-6-4-3-5-7-9;1-2-6-9-7-4-3-5-8-9/h3-8H,1-2H3;3-5,7-8H,2,6H2,1H3. The Balaban J connectivity index is 0.000000180. The third-order valence-corrected chi connectivity index (χ3v) is 2.85. The van der Waals surface area contributed by atoms with Gasteiger partial charge in [0.15, 0.2) is 0 Å². The average Bonchev–Trinajstić information content (AvgIpc) is 2.42. The fraction of sp³-hybridized carbons (Fsp3) is 0.333. The summed E-state index contributed by atoms with van der Waals surface area (Å²) in [7, 11) is 0. The predicted molar refractivity (Wildman–Crippen MR) is 81.0 cm³/mol. The molecule has 0 saturated carbocycles. The molecule has 0 spiro atoms. The Bertz CT molecular complexity index is 401. The van der Waals surface area contributed by atoms with Crippen molar-refractivity contribution >= 4 is 0 Å². The van der Waals surface area contributed by atoms with E-state index in [0.29, 0.717) is 5.92 Å². The summed E-state index contributed by atoms with van der Waals surface area (Å²) in [5.74, 6) is 0.659. The van der Waals surface area contributed by atoms with E-state index >= 15 is 0 Å². The van der Waals surface area contributed by atoms with Crippen molar-refractivity contribution in [3.63, 3.8) is 0 Å². The maximum absolute atomic E-state index is 2.20. The summed E-state index contributed by atoms with van der Waals surface area (Å²) in [4.78, 5) is 0. The van der Waals surface area contributed by atoms with Crippen LogP contribution in [0.3, 0.4) is 0 Å². The zero-order valence-corrected chi connectivity index (χ0v) is 11.8. The molecule has 0 radical (unpaired) electrons. The lowest BCUT2D eigenvalue weighted by molar-refractivity contribution is 0.867. The molecule has 0 aliphatic heterocycles. The van der Waals surface area contributed by atoms with Crippen LogP contribution >= 0.6 is 0 Å². The molecule has 0 saturated heterocycles. The van der Waals surface area contributed by atoms with Crippen LogP contribution in [0.5, 0.6) is 0 Å². The first-order chi connectivity index (χ1) is 8.74. The Labute approximate surface area is 112 Å². The van der Waals surface area contributed by atoms with Crippen molar-refractivity contribution in [3.8, 4) is 0 Å². The van der Waals surface area contributed by atoms with Gasteiger partial charge in [-0.3, -0.25) is 0 Å². The van der Waals surface area contributed by atoms with Gasteiger partial charge in [-0.15, -0.1) is 0 Å². The molecule has 0 nitrogen and oxygen atoms in total. The van der Waals surface area contributed by atoms with Gasteiger partial charge in [-0.1, -0.05) is 87.9 Å². The maximum atomic E-state index is 2.20. The minimum Gasteiger partial charge on any atom is -0.0651 e. The van der Waals surface area contributed by atoms with Gasteiger partial charge < -0.3 is 0 Å². The minimum atomic E-state index is 0.659. The van der Waals surface area contributed by atoms with Gasteiger partial charge in [0, 0.05) is 0 Å². The second kappa shape index (κ2) is 8.52. The third-order valence-electron chi connectivity index (χ3n) is 2.85. The molecule has 0 aliphatic rings. The van der Waals surface area contributed by atoms with E-state index in [1.54, 1.807) is 0 Å². The molecule has 2 rings (SSSR count).